The molecular weight excluding hydrogens is 226 g/mol. The molecule has 0 fully saturated rings. The van der Waals surface area contributed by atoms with Crippen molar-refractivity contribution in [3.05, 3.63) is 33.9 Å². The van der Waals surface area contributed by atoms with E-state index in [9.17, 15) is 14.9 Å². The summed E-state index contributed by atoms with van der Waals surface area (Å²) in [6.45, 7) is 0. The third-order valence-corrected chi connectivity index (χ3v) is 2.24. The van der Waals surface area contributed by atoms with E-state index in [2.05, 4.69) is 0 Å². The molecule has 1 amide bonds. The summed E-state index contributed by atoms with van der Waals surface area (Å²) >= 11 is 0. The SMILES string of the molecule is COc1ccc([N+](=O)[O-])cc1C(N)CC(N)=O. The minimum atomic E-state index is -0.720. The quantitative estimate of drug-likeness (QED) is 0.571. The Hall–Kier alpha value is -2.15. The number of nitrogens with two attached hydrogens (primary N) is 2. The molecule has 0 aromatic heterocycles. The first-order valence-electron chi connectivity index (χ1n) is 4.82. The van der Waals surface area contributed by atoms with Gasteiger partial charge in [0, 0.05) is 30.2 Å². The minimum absolute atomic E-state index is 0.0997. The zero-order chi connectivity index (χ0) is 13.0. The number of primary amides is 1. The van der Waals surface area contributed by atoms with E-state index in [1.807, 2.05) is 0 Å². The van der Waals surface area contributed by atoms with Crippen molar-refractivity contribution in [1.82, 2.24) is 0 Å². The summed E-state index contributed by atoms with van der Waals surface area (Å²) in [5.74, 6) is -0.185. The van der Waals surface area contributed by atoms with Gasteiger partial charge in [0.2, 0.25) is 5.91 Å². The van der Waals surface area contributed by atoms with E-state index in [0.29, 0.717) is 11.3 Å². The molecule has 1 unspecified atom stereocenters. The van der Waals surface area contributed by atoms with Crippen LogP contribution in [0.3, 0.4) is 0 Å². The van der Waals surface area contributed by atoms with Gasteiger partial charge in [-0.1, -0.05) is 0 Å². The molecule has 1 atom stereocenters. The van der Waals surface area contributed by atoms with Crippen LogP contribution >= 0.6 is 0 Å². The minimum Gasteiger partial charge on any atom is -0.496 e. The molecule has 0 saturated heterocycles. The van der Waals surface area contributed by atoms with Crippen LogP contribution in [-0.4, -0.2) is 17.9 Å². The lowest BCUT2D eigenvalue weighted by atomic mass is 10.0. The van der Waals surface area contributed by atoms with Crippen molar-refractivity contribution in [3.8, 4) is 5.75 Å². The van der Waals surface area contributed by atoms with Crippen LogP contribution in [0.4, 0.5) is 5.69 Å². The molecule has 1 aromatic rings. The smallest absolute Gasteiger partial charge is 0.270 e. The van der Waals surface area contributed by atoms with E-state index in [1.54, 1.807) is 0 Å². The Bertz CT molecular complexity index is 447. The molecule has 0 aliphatic heterocycles. The van der Waals surface area contributed by atoms with E-state index in [4.69, 9.17) is 16.2 Å². The summed E-state index contributed by atoms with van der Waals surface area (Å²) in [5.41, 5.74) is 11.0. The average molecular weight is 239 g/mol. The number of benzene rings is 1. The molecule has 17 heavy (non-hydrogen) atoms. The Kier molecular flexibility index (Phi) is 4.00. The van der Waals surface area contributed by atoms with Gasteiger partial charge in [-0.25, -0.2) is 0 Å². The van der Waals surface area contributed by atoms with Gasteiger partial charge in [0.05, 0.1) is 12.0 Å². The van der Waals surface area contributed by atoms with Crippen LogP contribution in [0, 0.1) is 10.1 Å². The lowest BCUT2D eigenvalue weighted by Gasteiger charge is -2.13. The van der Waals surface area contributed by atoms with Gasteiger partial charge in [-0.15, -0.1) is 0 Å². The van der Waals surface area contributed by atoms with Crippen molar-refractivity contribution in [3.63, 3.8) is 0 Å². The number of hydrogen-bond donors (Lipinski definition) is 2. The number of ether oxygens (including phenoxy) is 1. The number of carbonyl (C=O) groups excluding carboxylic acids is 1. The van der Waals surface area contributed by atoms with Crippen LogP contribution in [0.1, 0.15) is 18.0 Å². The monoisotopic (exact) mass is 239 g/mol. The predicted molar refractivity (Wildman–Crippen MR) is 60.4 cm³/mol. The normalized spacial score (nSPS) is 11.9. The maximum Gasteiger partial charge on any atom is 0.270 e. The van der Waals surface area contributed by atoms with Crippen LogP contribution in [0.15, 0.2) is 18.2 Å². The summed E-state index contributed by atoms with van der Waals surface area (Å²) in [4.78, 5) is 20.9. The first-order chi connectivity index (χ1) is 7.95. The zero-order valence-corrected chi connectivity index (χ0v) is 9.25. The topological polar surface area (TPSA) is 121 Å². The molecule has 0 aliphatic rings. The number of methoxy groups -OCH3 is 1. The Labute approximate surface area is 97.5 Å². The highest BCUT2D eigenvalue weighted by Gasteiger charge is 2.18. The van der Waals surface area contributed by atoms with Crippen molar-refractivity contribution in [1.29, 1.82) is 0 Å². The summed E-state index contributed by atoms with van der Waals surface area (Å²) in [7, 11) is 1.42. The Balaban J connectivity index is 3.13. The van der Waals surface area contributed by atoms with Gasteiger partial charge < -0.3 is 16.2 Å². The molecule has 0 saturated carbocycles. The standard InChI is InChI=1S/C10H13N3O4/c1-17-9-3-2-6(13(15)16)4-7(9)8(11)5-10(12)14/h2-4,8H,5,11H2,1H3,(H2,12,14). The molecule has 1 aromatic carbocycles. The van der Waals surface area contributed by atoms with Gasteiger partial charge in [0.25, 0.3) is 5.69 Å². The summed E-state index contributed by atoms with van der Waals surface area (Å²) < 4.78 is 5.03. The number of hydrogen-bond acceptors (Lipinski definition) is 5. The van der Waals surface area contributed by atoms with Crippen LogP contribution < -0.4 is 16.2 Å². The number of amides is 1. The second kappa shape index (κ2) is 5.26. The highest BCUT2D eigenvalue weighted by atomic mass is 16.6. The molecule has 0 radical (unpaired) electrons. The second-order valence-corrected chi connectivity index (χ2v) is 3.46. The molecular formula is C10H13N3O4. The van der Waals surface area contributed by atoms with Gasteiger partial charge >= 0.3 is 0 Å². The van der Waals surface area contributed by atoms with Gasteiger partial charge in [0.1, 0.15) is 5.75 Å². The first kappa shape index (κ1) is 12.9. The van der Waals surface area contributed by atoms with Crippen LogP contribution in [0.5, 0.6) is 5.75 Å². The largest absolute Gasteiger partial charge is 0.496 e. The maximum absolute atomic E-state index is 10.8. The van der Waals surface area contributed by atoms with Crippen molar-refractivity contribution in [2.75, 3.05) is 7.11 Å². The number of non-ortho nitro benzene ring substituents is 1. The fraction of sp³-hybridized carbons (Fsp3) is 0.300. The zero-order valence-electron chi connectivity index (χ0n) is 9.25. The van der Waals surface area contributed by atoms with Crippen molar-refractivity contribution in [2.24, 2.45) is 11.5 Å². The average Bonchev–Trinajstić information content (AvgIpc) is 2.27. The Morgan fingerprint density at radius 2 is 2.24 bits per heavy atom. The molecule has 0 heterocycles. The van der Waals surface area contributed by atoms with E-state index >= 15 is 0 Å². The molecule has 0 bridgehead atoms. The molecule has 7 heteroatoms. The summed E-state index contributed by atoms with van der Waals surface area (Å²) in [6, 6.07) is 3.31. The van der Waals surface area contributed by atoms with Crippen molar-refractivity contribution in [2.45, 2.75) is 12.5 Å². The summed E-state index contributed by atoms with van der Waals surface area (Å²) in [6.07, 6.45) is -0.0997. The predicted octanol–water partition coefficient (Wildman–Crippen LogP) is 0.479. The van der Waals surface area contributed by atoms with Gasteiger partial charge in [0.15, 0.2) is 0 Å². The first-order valence-corrected chi connectivity index (χ1v) is 4.82. The third kappa shape index (κ3) is 3.15. The molecule has 7 nitrogen and oxygen atoms in total. The lowest BCUT2D eigenvalue weighted by molar-refractivity contribution is -0.385. The van der Waals surface area contributed by atoms with Crippen LogP contribution in [-0.2, 0) is 4.79 Å². The number of nitro benzene ring substituents is 1. The van der Waals surface area contributed by atoms with E-state index in [1.165, 1.54) is 25.3 Å². The fourth-order valence-corrected chi connectivity index (χ4v) is 1.45. The molecule has 0 aliphatic carbocycles. The van der Waals surface area contributed by atoms with E-state index in [-0.39, 0.29) is 12.1 Å². The lowest BCUT2D eigenvalue weighted by Crippen LogP contribution is -2.21. The number of nitrogens with zero attached hydrogens (tertiary/aromatic N) is 1. The Morgan fingerprint density at radius 3 is 2.71 bits per heavy atom. The Morgan fingerprint density at radius 1 is 1.59 bits per heavy atom. The highest BCUT2D eigenvalue weighted by molar-refractivity contribution is 5.75. The maximum atomic E-state index is 10.8. The molecule has 0 spiro atoms. The fourth-order valence-electron chi connectivity index (χ4n) is 1.45. The van der Waals surface area contributed by atoms with Crippen LogP contribution in [0.2, 0.25) is 0 Å². The van der Waals surface area contributed by atoms with E-state index in [0.717, 1.165) is 0 Å². The van der Waals surface area contributed by atoms with Gasteiger partial charge in [-0.3, -0.25) is 14.9 Å². The van der Waals surface area contributed by atoms with Gasteiger partial charge in [-0.2, -0.15) is 0 Å². The van der Waals surface area contributed by atoms with Crippen molar-refractivity contribution >= 4 is 11.6 Å². The third-order valence-electron chi connectivity index (χ3n) is 2.24. The van der Waals surface area contributed by atoms with E-state index < -0.39 is 16.9 Å². The second-order valence-electron chi connectivity index (χ2n) is 3.46. The summed E-state index contributed by atoms with van der Waals surface area (Å²) in [5, 5.41) is 10.6. The number of carbonyl (C=O) groups is 1. The number of rotatable bonds is 5. The number of nitro groups is 1. The molecule has 4 N–H and O–H groups in total. The van der Waals surface area contributed by atoms with Crippen molar-refractivity contribution < 1.29 is 14.5 Å². The molecule has 92 valence electrons. The van der Waals surface area contributed by atoms with Crippen LogP contribution in [0.25, 0.3) is 0 Å². The highest BCUT2D eigenvalue weighted by Crippen LogP contribution is 2.29. The van der Waals surface area contributed by atoms with Gasteiger partial charge in [-0.05, 0) is 6.07 Å². The molecule has 1 rings (SSSR count).